The third-order valence-corrected chi connectivity index (χ3v) is 4.74. The minimum absolute atomic E-state index is 0.100. The van der Waals surface area contributed by atoms with Crippen LogP contribution >= 0.6 is 0 Å². The lowest BCUT2D eigenvalue weighted by atomic mass is 9.97. The van der Waals surface area contributed by atoms with Crippen molar-refractivity contribution in [1.82, 2.24) is 10.1 Å². The van der Waals surface area contributed by atoms with Gasteiger partial charge < -0.3 is 18.9 Å². The molecule has 0 radical (unpaired) electrons. The zero-order valence-electron chi connectivity index (χ0n) is 15.8. The van der Waals surface area contributed by atoms with Gasteiger partial charge in [0.15, 0.2) is 0 Å². The fourth-order valence-corrected chi connectivity index (χ4v) is 3.44. The number of benzene rings is 1. The van der Waals surface area contributed by atoms with Crippen LogP contribution in [0.25, 0.3) is 0 Å². The highest BCUT2D eigenvalue weighted by Crippen LogP contribution is 2.36. The Hall–Kier alpha value is -2.50. The maximum absolute atomic E-state index is 12.7. The Kier molecular flexibility index (Phi) is 5.49. The molecule has 0 aliphatic carbocycles. The molecule has 2 heterocycles. The van der Waals surface area contributed by atoms with Crippen molar-refractivity contribution < 1.29 is 18.8 Å². The van der Waals surface area contributed by atoms with Crippen LogP contribution in [-0.4, -0.2) is 43.3 Å². The second kappa shape index (κ2) is 7.81. The molecule has 6 nitrogen and oxygen atoms in total. The van der Waals surface area contributed by atoms with Crippen LogP contribution in [0.3, 0.4) is 0 Å². The summed E-state index contributed by atoms with van der Waals surface area (Å²) in [5.74, 6) is 2.51. The molecule has 0 spiro atoms. The van der Waals surface area contributed by atoms with Crippen LogP contribution in [0.15, 0.2) is 28.8 Å². The van der Waals surface area contributed by atoms with Gasteiger partial charge in [-0.2, -0.15) is 0 Å². The van der Waals surface area contributed by atoms with Crippen molar-refractivity contribution in [1.29, 1.82) is 0 Å². The highest BCUT2D eigenvalue weighted by atomic mass is 16.5. The third-order valence-electron chi connectivity index (χ3n) is 4.74. The number of hydrogen-bond acceptors (Lipinski definition) is 5. The van der Waals surface area contributed by atoms with Crippen LogP contribution < -0.4 is 9.47 Å². The standard InChI is InChI=1S/C20H26N2O4/c1-13(2)9-15-10-19(26-21-15)20(23)22-8-7-14(12-22)17-11-16(24-3)5-6-18(17)25-4/h5-6,10-11,13-14H,7-9,12H2,1-4H3. The predicted molar refractivity (Wildman–Crippen MR) is 97.9 cm³/mol. The van der Waals surface area contributed by atoms with Crippen LogP contribution in [0.5, 0.6) is 11.5 Å². The maximum atomic E-state index is 12.7. The predicted octanol–water partition coefficient (Wildman–Crippen LogP) is 3.52. The lowest BCUT2D eigenvalue weighted by molar-refractivity contribution is 0.0749. The minimum atomic E-state index is -0.100. The Morgan fingerprint density at radius 3 is 2.81 bits per heavy atom. The number of amides is 1. The normalized spacial score (nSPS) is 17.0. The van der Waals surface area contributed by atoms with Gasteiger partial charge in [-0.3, -0.25) is 4.79 Å². The first-order chi connectivity index (χ1) is 12.5. The molecule has 3 rings (SSSR count). The van der Waals surface area contributed by atoms with Crippen LogP contribution in [0.4, 0.5) is 0 Å². The molecule has 6 heteroatoms. The molecule has 2 aromatic rings. The molecule has 1 unspecified atom stereocenters. The van der Waals surface area contributed by atoms with E-state index in [0.29, 0.717) is 24.8 Å². The Morgan fingerprint density at radius 1 is 1.31 bits per heavy atom. The first kappa shape index (κ1) is 18.3. The SMILES string of the molecule is COc1ccc(OC)c(C2CCN(C(=O)c3cc(CC(C)C)no3)C2)c1. The van der Waals surface area contributed by atoms with Gasteiger partial charge in [0.05, 0.1) is 19.9 Å². The summed E-state index contributed by atoms with van der Waals surface area (Å²) < 4.78 is 16.1. The van der Waals surface area contributed by atoms with Crippen molar-refractivity contribution in [2.45, 2.75) is 32.6 Å². The van der Waals surface area contributed by atoms with E-state index in [0.717, 1.165) is 35.6 Å². The van der Waals surface area contributed by atoms with E-state index in [-0.39, 0.29) is 11.8 Å². The average molecular weight is 358 g/mol. The molecule has 1 aromatic heterocycles. The largest absolute Gasteiger partial charge is 0.497 e. The van der Waals surface area contributed by atoms with Gasteiger partial charge in [-0.05, 0) is 37.0 Å². The van der Waals surface area contributed by atoms with Gasteiger partial charge in [0.25, 0.3) is 5.91 Å². The smallest absolute Gasteiger partial charge is 0.292 e. The van der Waals surface area contributed by atoms with Gasteiger partial charge >= 0.3 is 0 Å². The van der Waals surface area contributed by atoms with E-state index in [4.69, 9.17) is 14.0 Å². The molecule has 1 amide bonds. The third kappa shape index (κ3) is 3.84. The summed E-state index contributed by atoms with van der Waals surface area (Å²) in [6.07, 6.45) is 1.68. The van der Waals surface area contributed by atoms with Crippen LogP contribution in [0.1, 0.15) is 48.0 Å². The van der Waals surface area contributed by atoms with Crippen molar-refractivity contribution in [3.63, 3.8) is 0 Å². The van der Waals surface area contributed by atoms with Gasteiger partial charge in [-0.1, -0.05) is 19.0 Å². The van der Waals surface area contributed by atoms with E-state index in [9.17, 15) is 4.79 Å². The summed E-state index contributed by atoms with van der Waals surface area (Å²) in [7, 11) is 3.31. The summed E-state index contributed by atoms with van der Waals surface area (Å²) in [6.45, 7) is 5.54. The molecule has 1 aromatic carbocycles. The summed E-state index contributed by atoms with van der Waals surface area (Å²) >= 11 is 0. The average Bonchev–Trinajstić information content (AvgIpc) is 3.29. The molecule has 140 valence electrons. The summed E-state index contributed by atoms with van der Waals surface area (Å²) in [5.41, 5.74) is 1.90. The highest BCUT2D eigenvalue weighted by molar-refractivity contribution is 5.91. The fourth-order valence-electron chi connectivity index (χ4n) is 3.44. The highest BCUT2D eigenvalue weighted by Gasteiger charge is 2.31. The van der Waals surface area contributed by atoms with Gasteiger partial charge in [0.2, 0.25) is 5.76 Å². The number of methoxy groups -OCH3 is 2. The summed E-state index contributed by atoms with van der Waals surface area (Å²) in [6, 6.07) is 7.55. The van der Waals surface area contributed by atoms with Crippen LogP contribution in [0.2, 0.25) is 0 Å². The van der Waals surface area contributed by atoms with E-state index in [1.165, 1.54) is 0 Å². The number of nitrogens with zero attached hydrogens (tertiary/aromatic N) is 2. The van der Waals surface area contributed by atoms with Crippen molar-refractivity contribution in [3.8, 4) is 11.5 Å². The van der Waals surface area contributed by atoms with Crippen molar-refractivity contribution >= 4 is 5.91 Å². The molecule has 26 heavy (non-hydrogen) atoms. The monoisotopic (exact) mass is 358 g/mol. The first-order valence-electron chi connectivity index (χ1n) is 8.98. The maximum Gasteiger partial charge on any atom is 0.292 e. The van der Waals surface area contributed by atoms with Crippen LogP contribution in [0, 0.1) is 5.92 Å². The van der Waals surface area contributed by atoms with Gasteiger partial charge in [0, 0.05) is 30.6 Å². The topological polar surface area (TPSA) is 64.8 Å². The lowest BCUT2D eigenvalue weighted by Crippen LogP contribution is -2.28. The Labute approximate surface area is 154 Å². The van der Waals surface area contributed by atoms with E-state index in [2.05, 4.69) is 19.0 Å². The van der Waals surface area contributed by atoms with Gasteiger partial charge in [-0.25, -0.2) is 0 Å². The molecule has 1 saturated heterocycles. The minimum Gasteiger partial charge on any atom is -0.497 e. The molecule has 1 aliphatic heterocycles. The molecular weight excluding hydrogens is 332 g/mol. The Bertz CT molecular complexity index is 769. The lowest BCUT2D eigenvalue weighted by Gasteiger charge is -2.17. The van der Waals surface area contributed by atoms with Crippen molar-refractivity contribution in [2.24, 2.45) is 5.92 Å². The molecule has 0 N–H and O–H groups in total. The molecule has 0 bridgehead atoms. The van der Waals surface area contributed by atoms with E-state index < -0.39 is 0 Å². The number of ether oxygens (including phenoxy) is 2. The molecule has 1 aliphatic rings. The molecular formula is C20H26N2O4. The zero-order chi connectivity index (χ0) is 18.7. The number of likely N-dealkylation sites (tertiary alicyclic amines) is 1. The van der Waals surface area contributed by atoms with Crippen molar-refractivity contribution in [2.75, 3.05) is 27.3 Å². The Balaban J connectivity index is 1.72. The van der Waals surface area contributed by atoms with E-state index >= 15 is 0 Å². The summed E-state index contributed by atoms with van der Waals surface area (Å²) in [4.78, 5) is 14.6. The number of carbonyl (C=O) groups excluding carboxylic acids is 1. The zero-order valence-corrected chi connectivity index (χ0v) is 15.8. The second-order valence-electron chi connectivity index (χ2n) is 7.13. The number of rotatable bonds is 6. The summed E-state index contributed by atoms with van der Waals surface area (Å²) in [5, 5.41) is 4.02. The quantitative estimate of drug-likeness (QED) is 0.790. The molecule has 0 saturated carbocycles. The van der Waals surface area contributed by atoms with Crippen molar-refractivity contribution in [3.05, 3.63) is 41.3 Å². The number of carbonyl (C=O) groups is 1. The van der Waals surface area contributed by atoms with Gasteiger partial charge in [0.1, 0.15) is 11.5 Å². The van der Waals surface area contributed by atoms with E-state index in [1.54, 1.807) is 20.3 Å². The second-order valence-corrected chi connectivity index (χ2v) is 7.13. The van der Waals surface area contributed by atoms with Gasteiger partial charge in [-0.15, -0.1) is 0 Å². The van der Waals surface area contributed by atoms with Crippen LogP contribution in [-0.2, 0) is 6.42 Å². The van der Waals surface area contributed by atoms with E-state index in [1.807, 2.05) is 23.1 Å². The Morgan fingerprint density at radius 2 is 2.12 bits per heavy atom. The number of aromatic nitrogens is 1. The first-order valence-corrected chi connectivity index (χ1v) is 8.98. The fraction of sp³-hybridized carbons (Fsp3) is 0.500. The number of hydrogen-bond donors (Lipinski definition) is 0. The molecule has 1 atom stereocenters. The molecule has 1 fully saturated rings.